The molecule has 0 aromatic carbocycles. The first-order valence-corrected chi connectivity index (χ1v) is 4.32. The van der Waals surface area contributed by atoms with Gasteiger partial charge in [0.05, 0.1) is 18.6 Å². The maximum Gasteiger partial charge on any atom is 0.225 e. The zero-order valence-corrected chi connectivity index (χ0v) is 6.99. The van der Waals surface area contributed by atoms with E-state index in [0.29, 0.717) is 13.0 Å². The second-order valence-corrected chi connectivity index (χ2v) is 3.65. The number of hydrogen-bond acceptors (Lipinski definition) is 2. The maximum atomic E-state index is 11.3. The van der Waals surface area contributed by atoms with Gasteiger partial charge >= 0.3 is 0 Å². The monoisotopic (exact) mass is 167 g/mol. The first kappa shape index (κ1) is 7.80. The minimum atomic E-state index is -0.439. The molecule has 1 N–H and O–H groups in total. The lowest BCUT2D eigenvalue weighted by molar-refractivity contribution is -0.129. The molecule has 2 rings (SSSR count). The maximum absolute atomic E-state index is 11.3. The summed E-state index contributed by atoms with van der Waals surface area (Å²) < 4.78 is 0. The van der Waals surface area contributed by atoms with Gasteiger partial charge in [-0.3, -0.25) is 4.79 Å². The van der Waals surface area contributed by atoms with Gasteiger partial charge in [-0.2, -0.15) is 0 Å². The van der Waals surface area contributed by atoms with Crippen LogP contribution in [0, 0.1) is 0 Å². The largest absolute Gasteiger partial charge is 0.390 e. The van der Waals surface area contributed by atoms with E-state index in [9.17, 15) is 9.90 Å². The SMILES string of the molecule is C=C1CC[C@H]2C(O)CC(=O)N2C1. The van der Waals surface area contributed by atoms with E-state index in [2.05, 4.69) is 6.58 Å². The molecule has 3 heteroatoms. The predicted molar refractivity (Wildman–Crippen MR) is 44.5 cm³/mol. The standard InChI is InChI=1S/C9H13NO2/c1-6-2-3-7-8(11)4-9(12)10(7)5-6/h7-8,11H,1-5H2/t7-,8?/m0/s1. The van der Waals surface area contributed by atoms with Gasteiger partial charge in [0.1, 0.15) is 0 Å². The minimum absolute atomic E-state index is 0.0722. The molecule has 2 atom stereocenters. The van der Waals surface area contributed by atoms with Crippen molar-refractivity contribution in [3.8, 4) is 0 Å². The lowest BCUT2D eigenvalue weighted by atomic mass is 9.98. The van der Waals surface area contributed by atoms with E-state index >= 15 is 0 Å². The highest BCUT2D eigenvalue weighted by Crippen LogP contribution is 2.29. The van der Waals surface area contributed by atoms with E-state index in [1.807, 2.05) is 0 Å². The second-order valence-electron chi connectivity index (χ2n) is 3.65. The lowest BCUT2D eigenvalue weighted by Crippen LogP contribution is -2.41. The zero-order chi connectivity index (χ0) is 8.72. The molecule has 0 radical (unpaired) electrons. The number of carbonyl (C=O) groups is 1. The number of carbonyl (C=O) groups excluding carboxylic acids is 1. The fraction of sp³-hybridized carbons (Fsp3) is 0.667. The number of aliphatic hydroxyl groups is 1. The first-order chi connectivity index (χ1) is 5.68. The Morgan fingerprint density at radius 2 is 2.33 bits per heavy atom. The van der Waals surface area contributed by atoms with Crippen molar-refractivity contribution in [2.45, 2.75) is 31.4 Å². The Bertz CT molecular complexity index is 237. The van der Waals surface area contributed by atoms with Crippen LogP contribution >= 0.6 is 0 Å². The Morgan fingerprint density at radius 3 is 3.08 bits per heavy atom. The van der Waals surface area contributed by atoms with Crippen LogP contribution in [-0.2, 0) is 4.79 Å². The highest BCUT2D eigenvalue weighted by atomic mass is 16.3. The normalized spacial score (nSPS) is 35.6. The molecule has 2 aliphatic rings. The Balaban J connectivity index is 2.17. The molecule has 1 unspecified atom stereocenters. The van der Waals surface area contributed by atoms with E-state index in [4.69, 9.17) is 0 Å². The van der Waals surface area contributed by atoms with Crippen LogP contribution in [-0.4, -0.2) is 34.6 Å². The first-order valence-electron chi connectivity index (χ1n) is 4.32. The Labute approximate surface area is 71.7 Å². The average Bonchev–Trinajstić information content (AvgIpc) is 2.28. The van der Waals surface area contributed by atoms with Gasteiger partial charge in [0.25, 0.3) is 0 Å². The van der Waals surface area contributed by atoms with E-state index in [1.165, 1.54) is 0 Å². The molecule has 0 saturated carbocycles. The van der Waals surface area contributed by atoms with Gasteiger partial charge in [-0.1, -0.05) is 12.2 Å². The third-order valence-corrected chi connectivity index (χ3v) is 2.74. The van der Waals surface area contributed by atoms with Crippen LogP contribution in [0.15, 0.2) is 12.2 Å². The van der Waals surface area contributed by atoms with Crippen LogP contribution in [0.2, 0.25) is 0 Å². The average molecular weight is 167 g/mol. The van der Waals surface area contributed by atoms with Gasteiger partial charge in [0.2, 0.25) is 5.91 Å². The number of aliphatic hydroxyl groups excluding tert-OH is 1. The topological polar surface area (TPSA) is 40.5 Å². The summed E-state index contributed by atoms with van der Waals surface area (Å²) in [7, 11) is 0. The molecule has 2 fully saturated rings. The Hall–Kier alpha value is -0.830. The summed E-state index contributed by atoms with van der Waals surface area (Å²) in [5.41, 5.74) is 1.11. The molecule has 0 aliphatic carbocycles. The number of piperidine rings is 1. The molecule has 2 heterocycles. The minimum Gasteiger partial charge on any atom is -0.390 e. The highest BCUT2D eigenvalue weighted by Gasteiger charge is 2.40. The molecule has 12 heavy (non-hydrogen) atoms. The molecule has 0 aromatic heterocycles. The lowest BCUT2D eigenvalue weighted by Gasteiger charge is -2.32. The molecule has 0 aromatic rings. The van der Waals surface area contributed by atoms with Crippen molar-refractivity contribution >= 4 is 5.91 Å². The van der Waals surface area contributed by atoms with Gasteiger partial charge in [0.15, 0.2) is 0 Å². The number of amides is 1. The van der Waals surface area contributed by atoms with Crippen LogP contribution < -0.4 is 0 Å². The van der Waals surface area contributed by atoms with Crippen LogP contribution in [0.5, 0.6) is 0 Å². The van der Waals surface area contributed by atoms with Crippen molar-refractivity contribution in [1.29, 1.82) is 0 Å². The van der Waals surface area contributed by atoms with Crippen molar-refractivity contribution in [3.05, 3.63) is 12.2 Å². The van der Waals surface area contributed by atoms with Crippen molar-refractivity contribution in [2.24, 2.45) is 0 Å². The molecule has 66 valence electrons. The third kappa shape index (κ3) is 1.05. The van der Waals surface area contributed by atoms with Crippen LogP contribution in [0.25, 0.3) is 0 Å². The van der Waals surface area contributed by atoms with Crippen LogP contribution in [0.1, 0.15) is 19.3 Å². The van der Waals surface area contributed by atoms with Crippen molar-refractivity contribution in [3.63, 3.8) is 0 Å². The summed E-state index contributed by atoms with van der Waals surface area (Å²) in [5, 5.41) is 9.49. The summed E-state index contributed by atoms with van der Waals surface area (Å²) in [6.45, 7) is 4.51. The molecular weight excluding hydrogens is 154 g/mol. The number of fused-ring (bicyclic) bond motifs is 1. The Kier molecular flexibility index (Phi) is 1.68. The van der Waals surface area contributed by atoms with E-state index in [0.717, 1.165) is 18.4 Å². The van der Waals surface area contributed by atoms with Crippen molar-refractivity contribution in [1.82, 2.24) is 4.90 Å². The van der Waals surface area contributed by atoms with Gasteiger partial charge in [-0.15, -0.1) is 0 Å². The van der Waals surface area contributed by atoms with Crippen LogP contribution in [0.4, 0.5) is 0 Å². The van der Waals surface area contributed by atoms with Gasteiger partial charge in [-0.05, 0) is 12.8 Å². The molecule has 3 nitrogen and oxygen atoms in total. The summed E-state index contributed by atoms with van der Waals surface area (Å²) >= 11 is 0. The summed E-state index contributed by atoms with van der Waals surface area (Å²) in [5.74, 6) is 0.0772. The quantitative estimate of drug-likeness (QED) is 0.527. The zero-order valence-electron chi connectivity index (χ0n) is 6.99. The van der Waals surface area contributed by atoms with E-state index in [1.54, 1.807) is 4.90 Å². The number of hydrogen-bond donors (Lipinski definition) is 1. The second kappa shape index (κ2) is 2.59. The van der Waals surface area contributed by atoms with E-state index < -0.39 is 6.10 Å². The van der Waals surface area contributed by atoms with Gasteiger partial charge in [-0.25, -0.2) is 0 Å². The number of rotatable bonds is 0. The fourth-order valence-corrected chi connectivity index (χ4v) is 2.05. The summed E-state index contributed by atoms with van der Waals surface area (Å²) in [6, 6.07) is 0.0722. The van der Waals surface area contributed by atoms with Gasteiger partial charge in [0, 0.05) is 6.54 Å². The Morgan fingerprint density at radius 1 is 1.58 bits per heavy atom. The van der Waals surface area contributed by atoms with Gasteiger partial charge < -0.3 is 10.0 Å². The van der Waals surface area contributed by atoms with Crippen molar-refractivity contribution < 1.29 is 9.90 Å². The van der Waals surface area contributed by atoms with Crippen LogP contribution in [0.3, 0.4) is 0 Å². The number of nitrogens with zero attached hydrogens (tertiary/aromatic N) is 1. The molecule has 1 amide bonds. The predicted octanol–water partition coefficient (Wildman–Crippen LogP) is 0.298. The molecule has 0 bridgehead atoms. The molecule has 2 aliphatic heterocycles. The summed E-state index contributed by atoms with van der Waals surface area (Å²) in [6.07, 6.45) is 1.69. The molecular formula is C9H13NO2. The third-order valence-electron chi connectivity index (χ3n) is 2.74. The van der Waals surface area contributed by atoms with Crippen molar-refractivity contribution in [2.75, 3.05) is 6.54 Å². The molecule has 0 spiro atoms. The smallest absolute Gasteiger partial charge is 0.225 e. The fourth-order valence-electron chi connectivity index (χ4n) is 2.05. The van der Waals surface area contributed by atoms with E-state index in [-0.39, 0.29) is 11.9 Å². The molecule has 2 saturated heterocycles. The highest BCUT2D eigenvalue weighted by molar-refractivity contribution is 5.80. The summed E-state index contributed by atoms with van der Waals surface area (Å²) in [4.78, 5) is 13.0.